The first-order valence-electron chi connectivity index (χ1n) is 8.65. The maximum absolute atomic E-state index is 12.8. The predicted molar refractivity (Wildman–Crippen MR) is 126 cm³/mol. The molecule has 7 nitrogen and oxygen atoms in total. The van der Waals surface area contributed by atoms with E-state index < -0.39 is 24.4 Å². The second-order valence-electron chi connectivity index (χ2n) is 6.31. The SMILES string of the molecule is Cc1ccc(C(=O)NN2C(=O)/C(=C\c3cc(Br)ccc3OCC(=O)O)SC2=S)c(Cl)c1. The van der Waals surface area contributed by atoms with Crippen molar-refractivity contribution in [1.29, 1.82) is 0 Å². The molecule has 2 aromatic rings. The maximum atomic E-state index is 12.8. The molecule has 0 saturated carbocycles. The molecule has 0 spiro atoms. The van der Waals surface area contributed by atoms with Crippen LogP contribution in [0, 0.1) is 6.92 Å². The fraction of sp³-hybridized carbons (Fsp3) is 0.100. The summed E-state index contributed by atoms with van der Waals surface area (Å²) >= 11 is 15.7. The standard InChI is InChI=1S/C20H14BrClN2O5S2/c1-10-2-4-13(14(22)6-10)18(27)23-24-19(28)16(31-20(24)30)8-11-7-12(21)3-5-15(11)29-9-17(25)26/h2-8H,9H2,1H3,(H,23,27)(H,25,26)/b16-8+. The van der Waals surface area contributed by atoms with Gasteiger partial charge in [-0.1, -0.05) is 45.4 Å². The van der Waals surface area contributed by atoms with Gasteiger partial charge in [-0.15, -0.1) is 0 Å². The topological polar surface area (TPSA) is 95.9 Å². The second-order valence-corrected chi connectivity index (χ2v) is 9.30. The van der Waals surface area contributed by atoms with Crippen LogP contribution in [0.1, 0.15) is 21.5 Å². The van der Waals surface area contributed by atoms with Crippen molar-refractivity contribution in [1.82, 2.24) is 10.4 Å². The first-order chi connectivity index (χ1) is 14.7. The minimum atomic E-state index is -1.13. The molecule has 0 aromatic heterocycles. The number of aliphatic carboxylic acids is 1. The smallest absolute Gasteiger partial charge is 0.341 e. The first kappa shape index (κ1) is 23.3. The zero-order valence-corrected chi connectivity index (χ0v) is 19.8. The number of halogens is 2. The van der Waals surface area contributed by atoms with Crippen LogP contribution in [-0.2, 0) is 9.59 Å². The molecule has 0 radical (unpaired) electrons. The third kappa shape index (κ3) is 5.65. The van der Waals surface area contributed by atoms with Gasteiger partial charge in [0, 0.05) is 10.0 Å². The van der Waals surface area contributed by atoms with E-state index in [2.05, 4.69) is 21.4 Å². The summed E-state index contributed by atoms with van der Waals surface area (Å²) in [6.45, 7) is 1.31. The Kier molecular flexibility index (Phi) is 7.37. The van der Waals surface area contributed by atoms with Crippen molar-refractivity contribution in [3.05, 3.63) is 67.5 Å². The molecule has 1 saturated heterocycles. The molecule has 1 aliphatic heterocycles. The van der Waals surface area contributed by atoms with Gasteiger partial charge in [0.15, 0.2) is 10.9 Å². The monoisotopic (exact) mass is 540 g/mol. The van der Waals surface area contributed by atoms with E-state index in [0.29, 0.717) is 10.0 Å². The number of carbonyl (C=O) groups excluding carboxylic acids is 2. The zero-order chi connectivity index (χ0) is 22.7. The summed E-state index contributed by atoms with van der Waals surface area (Å²) < 4.78 is 6.12. The van der Waals surface area contributed by atoms with E-state index in [1.54, 1.807) is 36.4 Å². The highest BCUT2D eigenvalue weighted by atomic mass is 79.9. The van der Waals surface area contributed by atoms with E-state index in [9.17, 15) is 14.4 Å². The van der Waals surface area contributed by atoms with Gasteiger partial charge in [-0.2, -0.15) is 5.01 Å². The molecule has 0 aliphatic carbocycles. The van der Waals surface area contributed by atoms with E-state index >= 15 is 0 Å². The van der Waals surface area contributed by atoms with Gasteiger partial charge in [-0.25, -0.2) is 4.79 Å². The van der Waals surface area contributed by atoms with Crippen LogP contribution in [0.3, 0.4) is 0 Å². The van der Waals surface area contributed by atoms with Crippen LogP contribution in [0.25, 0.3) is 6.08 Å². The lowest BCUT2D eigenvalue weighted by molar-refractivity contribution is -0.139. The van der Waals surface area contributed by atoms with Gasteiger partial charge in [0.2, 0.25) is 0 Å². The van der Waals surface area contributed by atoms with Crippen LogP contribution in [0.15, 0.2) is 45.8 Å². The molecule has 31 heavy (non-hydrogen) atoms. The summed E-state index contributed by atoms with van der Waals surface area (Å²) in [6.07, 6.45) is 1.52. The molecule has 2 amide bonds. The number of nitrogens with one attached hydrogen (secondary N) is 1. The number of thioether (sulfide) groups is 1. The number of carboxylic acids is 1. The van der Waals surface area contributed by atoms with Crippen LogP contribution >= 0.6 is 51.5 Å². The fourth-order valence-electron chi connectivity index (χ4n) is 2.57. The Morgan fingerprint density at radius 1 is 1.32 bits per heavy atom. The summed E-state index contributed by atoms with van der Waals surface area (Å²) in [6, 6.07) is 9.89. The van der Waals surface area contributed by atoms with Gasteiger partial charge >= 0.3 is 5.97 Å². The van der Waals surface area contributed by atoms with Gasteiger partial charge < -0.3 is 9.84 Å². The molecule has 1 aliphatic rings. The molecule has 0 atom stereocenters. The van der Waals surface area contributed by atoms with Crippen molar-refractivity contribution in [3.63, 3.8) is 0 Å². The summed E-state index contributed by atoms with van der Waals surface area (Å²) in [5, 5.41) is 10.1. The van der Waals surface area contributed by atoms with Gasteiger partial charge in [0.05, 0.1) is 15.5 Å². The number of nitrogens with zero attached hydrogens (tertiary/aromatic N) is 1. The Hall–Kier alpha value is -2.40. The van der Waals surface area contributed by atoms with E-state index in [4.69, 9.17) is 33.7 Å². The van der Waals surface area contributed by atoms with Crippen molar-refractivity contribution in [2.24, 2.45) is 0 Å². The van der Waals surface area contributed by atoms with Gasteiger partial charge in [0.25, 0.3) is 11.8 Å². The van der Waals surface area contributed by atoms with Crippen molar-refractivity contribution in [2.75, 3.05) is 6.61 Å². The summed E-state index contributed by atoms with van der Waals surface area (Å²) in [7, 11) is 0. The molecule has 2 N–H and O–H groups in total. The number of thiocarbonyl (C=S) groups is 1. The van der Waals surface area contributed by atoms with Crippen molar-refractivity contribution in [2.45, 2.75) is 6.92 Å². The van der Waals surface area contributed by atoms with Crippen molar-refractivity contribution >= 4 is 79.7 Å². The van der Waals surface area contributed by atoms with Crippen LogP contribution < -0.4 is 10.2 Å². The Morgan fingerprint density at radius 2 is 2.06 bits per heavy atom. The molecule has 2 aromatic carbocycles. The van der Waals surface area contributed by atoms with Crippen molar-refractivity contribution < 1.29 is 24.2 Å². The predicted octanol–water partition coefficient (Wildman–Crippen LogP) is 4.42. The second kappa shape index (κ2) is 9.82. The minimum absolute atomic E-state index is 0.135. The van der Waals surface area contributed by atoms with Gasteiger partial charge in [-0.05, 0) is 61.1 Å². The van der Waals surface area contributed by atoms with Crippen LogP contribution in [0.2, 0.25) is 5.02 Å². The lowest BCUT2D eigenvalue weighted by Gasteiger charge is -2.16. The molecule has 11 heteroatoms. The maximum Gasteiger partial charge on any atom is 0.341 e. The number of hydrogen-bond donors (Lipinski definition) is 2. The minimum Gasteiger partial charge on any atom is -0.481 e. The number of benzene rings is 2. The number of hydrazine groups is 1. The number of amides is 2. The molecule has 0 bridgehead atoms. The lowest BCUT2D eigenvalue weighted by Crippen LogP contribution is -2.44. The molecule has 1 fully saturated rings. The average Bonchev–Trinajstić information content (AvgIpc) is 2.94. The number of hydrogen-bond acceptors (Lipinski definition) is 6. The quantitative estimate of drug-likeness (QED) is 0.413. The van der Waals surface area contributed by atoms with E-state index in [1.165, 1.54) is 6.08 Å². The molecule has 0 unspecified atom stereocenters. The highest BCUT2D eigenvalue weighted by Gasteiger charge is 2.34. The summed E-state index contributed by atoms with van der Waals surface area (Å²) in [5.74, 6) is -1.95. The number of carboxylic acid groups (broad SMARTS) is 1. The number of aryl methyl sites for hydroxylation is 1. The molecular formula is C20H14BrClN2O5S2. The van der Waals surface area contributed by atoms with Crippen LogP contribution in [0.4, 0.5) is 0 Å². The number of carbonyl (C=O) groups is 3. The van der Waals surface area contributed by atoms with Gasteiger partial charge in [0.1, 0.15) is 5.75 Å². The Bertz CT molecular complexity index is 1140. The van der Waals surface area contributed by atoms with E-state index in [-0.39, 0.29) is 25.6 Å². The molecule has 3 rings (SSSR count). The van der Waals surface area contributed by atoms with Crippen molar-refractivity contribution in [3.8, 4) is 5.75 Å². The fourth-order valence-corrected chi connectivity index (χ4v) is 4.44. The van der Waals surface area contributed by atoms with E-state index in [0.717, 1.165) is 22.3 Å². The summed E-state index contributed by atoms with van der Waals surface area (Å²) in [5.41, 5.74) is 4.06. The lowest BCUT2D eigenvalue weighted by atomic mass is 10.1. The van der Waals surface area contributed by atoms with Crippen LogP contribution in [0.5, 0.6) is 5.75 Å². The molecular weight excluding hydrogens is 528 g/mol. The Balaban J connectivity index is 1.83. The Labute approximate surface area is 200 Å². The highest BCUT2D eigenvalue weighted by Crippen LogP contribution is 2.34. The Morgan fingerprint density at radius 3 is 2.74 bits per heavy atom. The third-order valence-corrected chi connectivity index (χ3v) is 6.09. The molecule has 1 heterocycles. The van der Waals surface area contributed by atoms with Crippen LogP contribution in [-0.4, -0.2) is 38.8 Å². The average molecular weight is 542 g/mol. The zero-order valence-electron chi connectivity index (χ0n) is 15.8. The third-order valence-electron chi connectivity index (χ3n) is 3.99. The molecule has 160 valence electrons. The summed E-state index contributed by atoms with van der Waals surface area (Å²) in [4.78, 5) is 36.5. The number of ether oxygens (including phenoxy) is 1. The van der Waals surface area contributed by atoms with E-state index in [1.807, 2.05) is 6.92 Å². The number of rotatable bonds is 6. The van der Waals surface area contributed by atoms with Gasteiger partial charge in [-0.3, -0.25) is 15.0 Å². The normalized spacial score (nSPS) is 14.8. The first-order valence-corrected chi connectivity index (χ1v) is 11.0. The largest absolute Gasteiger partial charge is 0.481 e. The highest BCUT2D eigenvalue weighted by molar-refractivity contribution is 9.10.